The molecule has 0 aromatic heterocycles. The normalized spacial score (nSPS) is 27.4. The van der Waals surface area contributed by atoms with E-state index in [4.69, 9.17) is 9.47 Å². The first-order chi connectivity index (χ1) is 17.3. The van der Waals surface area contributed by atoms with E-state index in [-0.39, 0.29) is 32.2 Å². The average Bonchev–Trinajstić information content (AvgIpc) is 3.02. The van der Waals surface area contributed by atoms with Crippen LogP contribution in [-0.4, -0.2) is 90.2 Å². The second kappa shape index (κ2) is 11.7. The Morgan fingerprint density at radius 1 is 1.03 bits per heavy atom. The average molecular weight is 501 g/mol. The van der Waals surface area contributed by atoms with E-state index >= 15 is 0 Å². The topological polar surface area (TPSA) is 82.5 Å². The van der Waals surface area contributed by atoms with E-state index in [1.807, 2.05) is 11.0 Å². The number of hydrogen-bond donors (Lipinski definition) is 2. The third-order valence-electron chi connectivity index (χ3n) is 7.32. The highest BCUT2D eigenvalue weighted by molar-refractivity contribution is 5.77. The van der Waals surface area contributed by atoms with Crippen LogP contribution in [0.5, 0.6) is 5.75 Å². The molecule has 1 aliphatic heterocycles. The summed E-state index contributed by atoms with van der Waals surface area (Å²) in [4.78, 5) is 16.2. The summed E-state index contributed by atoms with van der Waals surface area (Å²) < 4.78 is 24.4. The Morgan fingerprint density at radius 3 is 2.47 bits per heavy atom. The van der Waals surface area contributed by atoms with E-state index in [0.29, 0.717) is 44.1 Å². The quantitative estimate of drug-likeness (QED) is 0.580. The van der Waals surface area contributed by atoms with Crippen molar-refractivity contribution in [3.63, 3.8) is 0 Å². The van der Waals surface area contributed by atoms with Crippen LogP contribution < -0.4 is 4.74 Å². The zero-order valence-electron chi connectivity index (χ0n) is 20.9. The molecule has 4 rings (SSSR count). The lowest BCUT2D eigenvalue weighted by molar-refractivity contribution is -0.138. The molecular weight excluding hydrogens is 463 g/mol. The number of β-amino-alcohol motifs (C(OH)–C–C–N with tert-alkyl or cyclic N) is 2. The highest BCUT2D eigenvalue weighted by Gasteiger charge is 2.41. The third-order valence-corrected chi connectivity index (χ3v) is 7.32. The zero-order valence-corrected chi connectivity index (χ0v) is 20.9. The molecule has 2 N–H and O–H groups in total. The van der Waals surface area contributed by atoms with Crippen LogP contribution in [0, 0.1) is 5.82 Å². The molecule has 1 saturated carbocycles. The fraction of sp³-hybridized carbons (Fsp3) is 0.536. The van der Waals surface area contributed by atoms with Gasteiger partial charge in [-0.1, -0.05) is 36.4 Å². The first-order valence-electron chi connectivity index (χ1n) is 12.6. The molecular formula is C28H37FN2O5. The van der Waals surface area contributed by atoms with Crippen molar-refractivity contribution in [3.05, 3.63) is 66.0 Å². The Labute approximate surface area is 212 Å². The van der Waals surface area contributed by atoms with E-state index in [0.717, 1.165) is 12.8 Å². The molecule has 0 unspecified atom stereocenters. The van der Waals surface area contributed by atoms with Gasteiger partial charge in [0.1, 0.15) is 30.4 Å². The van der Waals surface area contributed by atoms with Gasteiger partial charge in [-0.05, 0) is 49.3 Å². The van der Waals surface area contributed by atoms with Crippen molar-refractivity contribution in [2.75, 3.05) is 53.0 Å². The summed E-state index contributed by atoms with van der Waals surface area (Å²) in [5, 5.41) is 23.0. The molecule has 1 heterocycles. The van der Waals surface area contributed by atoms with E-state index in [1.165, 1.54) is 24.8 Å². The van der Waals surface area contributed by atoms with Gasteiger partial charge in [0.25, 0.3) is 0 Å². The first kappa shape index (κ1) is 26.5. The van der Waals surface area contributed by atoms with Crippen molar-refractivity contribution >= 4 is 5.91 Å². The van der Waals surface area contributed by atoms with Crippen LogP contribution in [0.15, 0.2) is 54.6 Å². The number of hydrogen-bond acceptors (Lipinski definition) is 6. The number of carbonyl (C=O) groups is 1. The van der Waals surface area contributed by atoms with Crippen LogP contribution in [-0.2, 0) is 9.53 Å². The predicted molar refractivity (Wildman–Crippen MR) is 134 cm³/mol. The first-order valence-corrected chi connectivity index (χ1v) is 12.6. The Bertz CT molecular complexity index is 998. The maximum Gasteiger partial charge on any atom is 0.248 e. The Morgan fingerprint density at radius 2 is 1.78 bits per heavy atom. The molecule has 0 bridgehead atoms. The zero-order chi connectivity index (χ0) is 25.6. The van der Waals surface area contributed by atoms with E-state index < -0.39 is 17.0 Å². The van der Waals surface area contributed by atoms with Crippen molar-refractivity contribution in [1.29, 1.82) is 0 Å². The molecule has 36 heavy (non-hydrogen) atoms. The molecule has 2 aromatic rings. The van der Waals surface area contributed by atoms with Gasteiger partial charge in [-0.15, -0.1) is 0 Å². The number of amides is 1. The lowest BCUT2D eigenvalue weighted by atomic mass is 9.76. The van der Waals surface area contributed by atoms with Gasteiger partial charge in [0.2, 0.25) is 5.91 Å². The third kappa shape index (κ3) is 7.03. The lowest BCUT2D eigenvalue weighted by Crippen LogP contribution is -2.54. The van der Waals surface area contributed by atoms with Crippen molar-refractivity contribution in [2.45, 2.75) is 42.8 Å². The van der Waals surface area contributed by atoms with E-state index in [1.54, 1.807) is 17.0 Å². The van der Waals surface area contributed by atoms with Crippen molar-refractivity contribution in [3.8, 4) is 5.75 Å². The minimum absolute atomic E-state index is 0.0650. The monoisotopic (exact) mass is 500 g/mol. The summed E-state index contributed by atoms with van der Waals surface area (Å²) >= 11 is 0. The molecule has 7 nitrogen and oxygen atoms in total. The Hall–Kier alpha value is -2.52. The minimum atomic E-state index is -1.40. The van der Waals surface area contributed by atoms with Crippen LogP contribution in [0.1, 0.15) is 37.2 Å². The number of aliphatic hydroxyl groups is 2. The fourth-order valence-corrected chi connectivity index (χ4v) is 5.46. The van der Waals surface area contributed by atoms with Crippen LogP contribution >= 0.6 is 0 Å². The summed E-state index contributed by atoms with van der Waals surface area (Å²) in [6.07, 6.45) is 3.15. The highest BCUT2D eigenvalue weighted by atomic mass is 19.1. The SMILES string of the molecule is COCC(=O)N1CCN(CC2(O)CCC(c3ccccc3)CC2)C[C@@](O)(COc2cccc(F)c2)C1. The van der Waals surface area contributed by atoms with Crippen molar-refractivity contribution in [1.82, 2.24) is 9.80 Å². The van der Waals surface area contributed by atoms with Gasteiger partial charge in [-0.2, -0.15) is 0 Å². The number of benzene rings is 2. The smallest absolute Gasteiger partial charge is 0.248 e. The van der Waals surface area contributed by atoms with Gasteiger partial charge in [-0.25, -0.2) is 4.39 Å². The predicted octanol–water partition coefficient (Wildman–Crippen LogP) is 2.82. The highest BCUT2D eigenvalue weighted by Crippen LogP contribution is 2.38. The number of carbonyl (C=O) groups excluding carboxylic acids is 1. The molecule has 0 spiro atoms. The van der Waals surface area contributed by atoms with Gasteiger partial charge in [-0.3, -0.25) is 9.69 Å². The fourth-order valence-electron chi connectivity index (χ4n) is 5.46. The number of methoxy groups -OCH3 is 1. The molecule has 1 aliphatic carbocycles. The molecule has 2 aromatic carbocycles. The molecule has 196 valence electrons. The molecule has 1 amide bonds. The maximum atomic E-state index is 13.6. The lowest BCUT2D eigenvalue weighted by Gasteiger charge is -2.40. The largest absolute Gasteiger partial charge is 0.490 e. The number of rotatable bonds is 8. The molecule has 0 radical (unpaired) electrons. The second-order valence-electron chi connectivity index (χ2n) is 10.3. The van der Waals surface area contributed by atoms with Gasteiger partial charge in [0.05, 0.1) is 12.1 Å². The molecule has 2 fully saturated rings. The second-order valence-corrected chi connectivity index (χ2v) is 10.3. The number of nitrogens with zero attached hydrogens (tertiary/aromatic N) is 2. The van der Waals surface area contributed by atoms with Crippen LogP contribution in [0.25, 0.3) is 0 Å². The summed E-state index contributed by atoms with van der Waals surface area (Å²) in [6, 6.07) is 16.2. The van der Waals surface area contributed by atoms with Crippen LogP contribution in [0.2, 0.25) is 0 Å². The van der Waals surface area contributed by atoms with Crippen molar-refractivity contribution < 1.29 is 28.9 Å². The van der Waals surface area contributed by atoms with Crippen LogP contribution in [0.3, 0.4) is 0 Å². The van der Waals surface area contributed by atoms with E-state index in [2.05, 4.69) is 24.3 Å². The summed E-state index contributed by atoms with van der Waals surface area (Å²) in [5.74, 6) is 0.110. The number of halogens is 1. The Balaban J connectivity index is 1.43. The maximum absolute atomic E-state index is 13.6. The molecule has 2 aliphatic rings. The minimum Gasteiger partial charge on any atom is -0.490 e. The summed E-state index contributed by atoms with van der Waals surface area (Å²) in [5.41, 5.74) is -0.948. The van der Waals surface area contributed by atoms with Gasteiger partial charge < -0.3 is 24.6 Å². The number of ether oxygens (including phenoxy) is 2. The summed E-state index contributed by atoms with van der Waals surface area (Å²) in [7, 11) is 1.46. The Kier molecular flexibility index (Phi) is 8.62. The molecule has 1 saturated heterocycles. The summed E-state index contributed by atoms with van der Waals surface area (Å²) in [6.45, 7) is 1.43. The van der Waals surface area contributed by atoms with Crippen molar-refractivity contribution in [2.24, 2.45) is 0 Å². The van der Waals surface area contributed by atoms with Crippen LogP contribution in [0.4, 0.5) is 4.39 Å². The molecule has 1 atom stereocenters. The van der Waals surface area contributed by atoms with Gasteiger partial charge >= 0.3 is 0 Å². The standard InChI is InChI=1S/C28H37FN2O5/c1-35-17-26(32)31-15-14-30(19-28(34,20-31)21-36-25-9-5-8-24(29)16-25)18-27(33)12-10-23(11-13-27)22-6-3-2-4-7-22/h2-9,16,23,33-34H,10-15,17-21H2,1H3/t23?,27?,28-/m0/s1. The van der Waals surface area contributed by atoms with E-state index in [9.17, 15) is 19.4 Å². The molecule has 8 heteroatoms. The van der Waals surface area contributed by atoms with Gasteiger partial charge in [0, 0.05) is 39.4 Å². The van der Waals surface area contributed by atoms with Gasteiger partial charge in [0.15, 0.2) is 0 Å².